The molecule has 3 rings (SSSR count). The van der Waals surface area contributed by atoms with Crippen LogP contribution in [-0.2, 0) is 0 Å². The van der Waals surface area contributed by atoms with Gasteiger partial charge < -0.3 is 10.6 Å². The van der Waals surface area contributed by atoms with Gasteiger partial charge in [-0.3, -0.25) is 4.90 Å². The van der Waals surface area contributed by atoms with Gasteiger partial charge >= 0.3 is 0 Å². The third kappa shape index (κ3) is 2.12. The van der Waals surface area contributed by atoms with Crippen molar-refractivity contribution < 1.29 is 0 Å². The molecule has 0 aliphatic carbocycles. The summed E-state index contributed by atoms with van der Waals surface area (Å²) in [6.45, 7) is 6.85. The molecule has 98 valence electrons. The maximum Gasteiger partial charge on any atom is 0.0515 e. The number of benzene rings is 1. The minimum absolute atomic E-state index is 0.753. The standard InChI is InChI=1S/C14H20BrN3/c1-10-7-14(12(15)8-13(10)16)18-6-5-17-4-2-3-11(17)9-18/h7-8,11H,2-6,9,16H2,1H3. The van der Waals surface area contributed by atoms with Crippen LogP contribution < -0.4 is 10.6 Å². The first-order valence-electron chi connectivity index (χ1n) is 6.70. The molecule has 0 spiro atoms. The fourth-order valence-electron chi connectivity index (χ4n) is 3.13. The van der Waals surface area contributed by atoms with Crippen LogP contribution in [0.5, 0.6) is 0 Å². The molecule has 1 unspecified atom stereocenters. The van der Waals surface area contributed by atoms with Crippen molar-refractivity contribution in [3.05, 3.63) is 22.2 Å². The smallest absolute Gasteiger partial charge is 0.0515 e. The lowest BCUT2D eigenvalue weighted by molar-refractivity contribution is 0.231. The number of aryl methyl sites for hydroxylation is 1. The van der Waals surface area contributed by atoms with E-state index in [1.807, 2.05) is 6.07 Å². The van der Waals surface area contributed by atoms with E-state index in [2.05, 4.69) is 38.7 Å². The van der Waals surface area contributed by atoms with Gasteiger partial charge in [0.1, 0.15) is 0 Å². The van der Waals surface area contributed by atoms with E-state index >= 15 is 0 Å². The molecule has 2 fully saturated rings. The number of nitrogens with two attached hydrogens (primary N) is 1. The fourth-order valence-corrected chi connectivity index (χ4v) is 3.75. The molecular weight excluding hydrogens is 290 g/mol. The van der Waals surface area contributed by atoms with Gasteiger partial charge in [0, 0.05) is 35.8 Å². The number of nitrogen functional groups attached to an aromatic ring is 1. The second-order valence-corrected chi connectivity index (χ2v) is 6.29. The number of hydrogen-bond donors (Lipinski definition) is 1. The van der Waals surface area contributed by atoms with Crippen LogP contribution in [0.2, 0.25) is 0 Å². The third-order valence-electron chi connectivity index (χ3n) is 4.26. The van der Waals surface area contributed by atoms with Crippen molar-refractivity contribution in [3.63, 3.8) is 0 Å². The molecule has 0 saturated carbocycles. The van der Waals surface area contributed by atoms with Crippen molar-refractivity contribution >= 4 is 27.3 Å². The van der Waals surface area contributed by atoms with Gasteiger partial charge in [-0.1, -0.05) is 0 Å². The molecule has 2 aliphatic rings. The summed E-state index contributed by atoms with van der Waals surface area (Å²) >= 11 is 3.65. The molecule has 2 aliphatic heterocycles. The van der Waals surface area contributed by atoms with E-state index in [0.29, 0.717) is 0 Å². The van der Waals surface area contributed by atoms with Gasteiger partial charge in [0.15, 0.2) is 0 Å². The summed E-state index contributed by atoms with van der Waals surface area (Å²) in [7, 11) is 0. The van der Waals surface area contributed by atoms with Crippen molar-refractivity contribution in [1.82, 2.24) is 4.90 Å². The molecule has 0 amide bonds. The number of piperazine rings is 1. The first-order valence-corrected chi connectivity index (χ1v) is 7.49. The third-order valence-corrected chi connectivity index (χ3v) is 4.90. The van der Waals surface area contributed by atoms with Gasteiger partial charge in [-0.05, 0) is 59.9 Å². The molecule has 1 aromatic rings. The summed E-state index contributed by atoms with van der Waals surface area (Å²) in [6, 6.07) is 5.00. The maximum absolute atomic E-state index is 5.95. The van der Waals surface area contributed by atoms with Crippen LogP contribution in [0.4, 0.5) is 11.4 Å². The Kier molecular flexibility index (Phi) is 3.24. The number of fused-ring (bicyclic) bond motifs is 1. The van der Waals surface area contributed by atoms with Crippen LogP contribution in [0, 0.1) is 6.92 Å². The lowest BCUT2D eigenvalue weighted by atomic mass is 10.1. The summed E-state index contributed by atoms with van der Waals surface area (Å²) in [6.07, 6.45) is 2.71. The Hall–Kier alpha value is -0.740. The minimum Gasteiger partial charge on any atom is -0.398 e. The second-order valence-electron chi connectivity index (χ2n) is 5.44. The average molecular weight is 310 g/mol. The summed E-state index contributed by atoms with van der Waals surface area (Å²) in [5.41, 5.74) is 9.28. The van der Waals surface area contributed by atoms with E-state index in [0.717, 1.165) is 29.3 Å². The van der Waals surface area contributed by atoms with Crippen LogP contribution in [0.15, 0.2) is 16.6 Å². The summed E-state index contributed by atoms with van der Waals surface area (Å²) in [5.74, 6) is 0. The highest BCUT2D eigenvalue weighted by Gasteiger charge is 2.31. The quantitative estimate of drug-likeness (QED) is 0.809. The van der Waals surface area contributed by atoms with Gasteiger partial charge in [-0.25, -0.2) is 0 Å². The van der Waals surface area contributed by atoms with E-state index in [-0.39, 0.29) is 0 Å². The number of nitrogens with zero attached hydrogens (tertiary/aromatic N) is 2. The monoisotopic (exact) mass is 309 g/mol. The normalized spacial score (nSPS) is 24.3. The SMILES string of the molecule is Cc1cc(N2CCN3CCCC3C2)c(Br)cc1N. The Labute approximate surface area is 117 Å². The average Bonchev–Trinajstić information content (AvgIpc) is 2.80. The molecule has 0 radical (unpaired) electrons. The van der Waals surface area contributed by atoms with E-state index in [9.17, 15) is 0 Å². The predicted octanol–water partition coefficient (Wildman–Crippen LogP) is 2.62. The predicted molar refractivity (Wildman–Crippen MR) is 80.1 cm³/mol. The molecule has 4 heteroatoms. The van der Waals surface area contributed by atoms with Crippen LogP contribution >= 0.6 is 15.9 Å². The zero-order valence-corrected chi connectivity index (χ0v) is 12.4. The molecule has 1 atom stereocenters. The lowest BCUT2D eigenvalue weighted by Crippen LogP contribution is -2.50. The Morgan fingerprint density at radius 3 is 2.94 bits per heavy atom. The summed E-state index contributed by atoms with van der Waals surface area (Å²) < 4.78 is 1.12. The van der Waals surface area contributed by atoms with E-state index < -0.39 is 0 Å². The Bertz CT molecular complexity index is 461. The molecule has 3 nitrogen and oxygen atoms in total. The van der Waals surface area contributed by atoms with Gasteiger partial charge in [0.25, 0.3) is 0 Å². The van der Waals surface area contributed by atoms with Crippen molar-refractivity contribution in [1.29, 1.82) is 0 Å². The van der Waals surface area contributed by atoms with E-state index in [1.54, 1.807) is 0 Å². The maximum atomic E-state index is 5.95. The highest BCUT2D eigenvalue weighted by Crippen LogP contribution is 2.33. The number of rotatable bonds is 1. The number of hydrogen-bond acceptors (Lipinski definition) is 3. The van der Waals surface area contributed by atoms with Crippen molar-refractivity contribution in [2.24, 2.45) is 0 Å². The highest BCUT2D eigenvalue weighted by molar-refractivity contribution is 9.10. The van der Waals surface area contributed by atoms with Crippen molar-refractivity contribution in [3.8, 4) is 0 Å². The topological polar surface area (TPSA) is 32.5 Å². The number of halogens is 1. The highest BCUT2D eigenvalue weighted by atomic mass is 79.9. The minimum atomic E-state index is 0.753. The van der Waals surface area contributed by atoms with Crippen molar-refractivity contribution in [2.45, 2.75) is 25.8 Å². The molecule has 2 heterocycles. The first-order chi connectivity index (χ1) is 8.65. The van der Waals surface area contributed by atoms with Gasteiger partial charge in [0.05, 0.1) is 5.69 Å². The van der Waals surface area contributed by atoms with Gasteiger partial charge in [0.2, 0.25) is 0 Å². The lowest BCUT2D eigenvalue weighted by Gasteiger charge is -2.39. The zero-order chi connectivity index (χ0) is 12.7. The van der Waals surface area contributed by atoms with E-state index in [4.69, 9.17) is 5.73 Å². The van der Waals surface area contributed by atoms with Gasteiger partial charge in [-0.2, -0.15) is 0 Å². The molecule has 18 heavy (non-hydrogen) atoms. The van der Waals surface area contributed by atoms with Crippen LogP contribution in [0.25, 0.3) is 0 Å². The van der Waals surface area contributed by atoms with Crippen molar-refractivity contribution in [2.75, 3.05) is 36.8 Å². The van der Waals surface area contributed by atoms with Crippen LogP contribution in [0.1, 0.15) is 18.4 Å². The molecule has 0 aromatic heterocycles. The van der Waals surface area contributed by atoms with Gasteiger partial charge in [-0.15, -0.1) is 0 Å². The molecule has 0 bridgehead atoms. The van der Waals surface area contributed by atoms with Crippen LogP contribution in [-0.4, -0.2) is 37.1 Å². The summed E-state index contributed by atoms with van der Waals surface area (Å²) in [4.78, 5) is 5.14. The molecular formula is C14H20BrN3. The Morgan fingerprint density at radius 1 is 1.28 bits per heavy atom. The molecule has 2 N–H and O–H groups in total. The van der Waals surface area contributed by atoms with E-state index in [1.165, 1.54) is 37.2 Å². The first kappa shape index (κ1) is 12.3. The largest absolute Gasteiger partial charge is 0.398 e. The van der Waals surface area contributed by atoms with Crippen LogP contribution in [0.3, 0.4) is 0 Å². The molecule has 1 aromatic carbocycles. The summed E-state index contributed by atoms with van der Waals surface area (Å²) in [5, 5.41) is 0. The number of anilines is 2. The zero-order valence-electron chi connectivity index (χ0n) is 10.8. The molecule has 2 saturated heterocycles. The second kappa shape index (κ2) is 4.74. The fraction of sp³-hybridized carbons (Fsp3) is 0.571. The Balaban J connectivity index is 1.84. The Morgan fingerprint density at radius 2 is 2.11 bits per heavy atom.